The van der Waals surface area contributed by atoms with E-state index in [4.69, 9.17) is 0 Å². The van der Waals surface area contributed by atoms with Crippen molar-refractivity contribution in [2.45, 2.75) is 39.2 Å². The van der Waals surface area contributed by atoms with Gasteiger partial charge in [-0.25, -0.2) is 22.0 Å². The average Bonchev–Trinajstić information content (AvgIpc) is 2.46. The van der Waals surface area contributed by atoms with Crippen LogP contribution in [0.4, 0.5) is 22.0 Å². The highest BCUT2D eigenvalue weighted by Crippen LogP contribution is 2.41. The summed E-state index contributed by atoms with van der Waals surface area (Å²) in [6.07, 6.45) is 0.0382. The molecule has 1 aliphatic carbocycles. The van der Waals surface area contributed by atoms with Gasteiger partial charge in [0, 0.05) is 0 Å². The van der Waals surface area contributed by atoms with Gasteiger partial charge in [-0.15, -0.1) is 0 Å². The van der Waals surface area contributed by atoms with Crippen LogP contribution >= 0.6 is 0 Å². The van der Waals surface area contributed by atoms with Crippen molar-refractivity contribution in [2.75, 3.05) is 0 Å². The van der Waals surface area contributed by atoms with Crippen LogP contribution in [-0.4, -0.2) is 5.11 Å². The van der Waals surface area contributed by atoms with Gasteiger partial charge in [-0.3, -0.25) is 0 Å². The number of aliphatic hydroxyl groups is 1. The largest absolute Gasteiger partial charge is 0.388 e. The molecule has 0 saturated heterocycles. The number of halogens is 5. The van der Waals surface area contributed by atoms with E-state index in [0.717, 1.165) is 6.42 Å². The second kappa shape index (κ2) is 5.91. The molecule has 0 bridgehead atoms. The molecule has 1 nitrogen and oxygen atoms in total. The summed E-state index contributed by atoms with van der Waals surface area (Å²) in [6.45, 7) is 3.98. The molecule has 0 amide bonds. The normalized spacial score (nSPS) is 27.7. The van der Waals surface area contributed by atoms with Gasteiger partial charge in [0.1, 0.15) is 0 Å². The highest BCUT2D eigenvalue weighted by atomic mass is 19.2. The predicted molar refractivity (Wildman–Crippen MR) is 66.9 cm³/mol. The van der Waals surface area contributed by atoms with Gasteiger partial charge < -0.3 is 5.11 Å². The minimum absolute atomic E-state index is 0.222. The van der Waals surface area contributed by atoms with E-state index in [2.05, 4.69) is 0 Å². The van der Waals surface area contributed by atoms with E-state index >= 15 is 0 Å². The Morgan fingerprint density at radius 2 is 1.29 bits per heavy atom. The van der Waals surface area contributed by atoms with Gasteiger partial charge in [-0.1, -0.05) is 20.3 Å². The zero-order valence-corrected chi connectivity index (χ0v) is 11.8. The average molecular weight is 308 g/mol. The molecule has 21 heavy (non-hydrogen) atoms. The summed E-state index contributed by atoms with van der Waals surface area (Å²) < 4.78 is 66.8. The molecule has 1 aliphatic rings. The summed E-state index contributed by atoms with van der Waals surface area (Å²) in [5, 5.41) is 10.1. The molecule has 6 heteroatoms. The quantitative estimate of drug-likeness (QED) is 0.485. The van der Waals surface area contributed by atoms with Crippen LogP contribution in [0.3, 0.4) is 0 Å². The monoisotopic (exact) mass is 308 g/mol. The van der Waals surface area contributed by atoms with E-state index in [1.165, 1.54) is 0 Å². The van der Waals surface area contributed by atoms with Crippen LogP contribution in [0.2, 0.25) is 0 Å². The second-order valence-corrected chi connectivity index (χ2v) is 5.96. The molecule has 1 aromatic rings. The molecule has 0 aliphatic heterocycles. The first-order chi connectivity index (χ1) is 9.75. The Hall–Kier alpha value is -1.17. The molecule has 1 saturated carbocycles. The zero-order valence-electron chi connectivity index (χ0n) is 11.8. The summed E-state index contributed by atoms with van der Waals surface area (Å²) in [6, 6.07) is 0. The Labute approximate surface area is 119 Å². The van der Waals surface area contributed by atoms with E-state index in [9.17, 15) is 27.1 Å². The third kappa shape index (κ3) is 2.78. The van der Waals surface area contributed by atoms with Crippen molar-refractivity contribution in [3.63, 3.8) is 0 Å². The lowest BCUT2D eigenvalue weighted by molar-refractivity contribution is 0.0494. The minimum atomic E-state index is -2.20. The van der Waals surface area contributed by atoms with Crippen molar-refractivity contribution in [1.29, 1.82) is 0 Å². The van der Waals surface area contributed by atoms with Crippen molar-refractivity contribution in [2.24, 2.45) is 17.8 Å². The van der Waals surface area contributed by atoms with Gasteiger partial charge in [-0.05, 0) is 30.6 Å². The molecule has 0 radical (unpaired) electrons. The summed E-state index contributed by atoms with van der Waals surface area (Å²) in [7, 11) is 0. The molecular weight excluding hydrogens is 291 g/mol. The van der Waals surface area contributed by atoms with Gasteiger partial charge in [0.05, 0.1) is 11.7 Å². The number of hydrogen-bond acceptors (Lipinski definition) is 1. The second-order valence-electron chi connectivity index (χ2n) is 5.96. The maximum absolute atomic E-state index is 13.7. The van der Waals surface area contributed by atoms with E-state index < -0.39 is 46.7 Å². The maximum Gasteiger partial charge on any atom is 0.200 e. The third-order valence-electron chi connectivity index (χ3n) is 4.62. The standard InChI is InChI=1S/C15H17F5O/c1-6-3-4-8(5-7(6)2)15(21)9-10(16)12(18)14(20)13(19)11(9)17/h6-8,15,21H,3-5H2,1-2H3. The smallest absolute Gasteiger partial charge is 0.200 e. The van der Waals surface area contributed by atoms with Gasteiger partial charge in [0.15, 0.2) is 23.3 Å². The SMILES string of the molecule is CC1CCC(C(O)c2c(F)c(F)c(F)c(F)c2F)CC1C. The van der Waals surface area contributed by atoms with E-state index in [1.807, 2.05) is 13.8 Å². The van der Waals surface area contributed by atoms with E-state index in [1.54, 1.807) is 0 Å². The van der Waals surface area contributed by atoms with Crippen molar-refractivity contribution >= 4 is 0 Å². The first-order valence-corrected chi connectivity index (χ1v) is 6.95. The third-order valence-corrected chi connectivity index (χ3v) is 4.62. The van der Waals surface area contributed by atoms with Gasteiger partial charge in [0.25, 0.3) is 0 Å². The van der Waals surface area contributed by atoms with E-state index in [0.29, 0.717) is 18.8 Å². The van der Waals surface area contributed by atoms with Gasteiger partial charge in [0.2, 0.25) is 5.82 Å². The molecule has 0 aromatic heterocycles. The molecule has 0 spiro atoms. The number of benzene rings is 1. The number of hydrogen-bond donors (Lipinski definition) is 1. The van der Waals surface area contributed by atoms with Crippen LogP contribution in [0.25, 0.3) is 0 Å². The number of rotatable bonds is 2. The van der Waals surface area contributed by atoms with Crippen molar-refractivity contribution in [3.8, 4) is 0 Å². The minimum Gasteiger partial charge on any atom is -0.388 e. The Balaban J connectivity index is 2.38. The molecule has 2 rings (SSSR count). The fourth-order valence-electron chi connectivity index (χ4n) is 2.99. The van der Waals surface area contributed by atoms with Crippen LogP contribution in [0.15, 0.2) is 0 Å². The molecule has 1 N–H and O–H groups in total. The predicted octanol–water partition coefficient (Wildman–Crippen LogP) is 4.49. The van der Waals surface area contributed by atoms with Crippen LogP contribution in [-0.2, 0) is 0 Å². The lowest BCUT2D eigenvalue weighted by Crippen LogP contribution is -2.27. The van der Waals surface area contributed by atoms with Crippen molar-refractivity contribution in [1.82, 2.24) is 0 Å². The fourth-order valence-corrected chi connectivity index (χ4v) is 2.99. The Morgan fingerprint density at radius 1 is 0.810 bits per heavy atom. The first-order valence-electron chi connectivity index (χ1n) is 6.95. The first kappa shape index (κ1) is 16.2. The van der Waals surface area contributed by atoms with Crippen LogP contribution < -0.4 is 0 Å². The van der Waals surface area contributed by atoms with E-state index in [-0.39, 0.29) is 5.92 Å². The summed E-state index contributed by atoms with van der Waals surface area (Å²) in [5.41, 5.74) is -1.11. The Bertz CT molecular complexity index is 516. The highest BCUT2D eigenvalue weighted by molar-refractivity contribution is 5.26. The summed E-state index contributed by atoms with van der Waals surface area (Å²) in [5.74, 6) is -9.99. The molecular formula is C15H17F5O. The Kier molecular flexibility index (Phi) is 4.56. The van der Waals surface area contributed by atoms with Gasteiger partial charge >= 0.3 is 0 Å². The Morgan fingerprint density at radius 3 is 1.76 bits per heavy atom. The molecule has 0 heterocycles. The molecule has 4 atom stereocenters. The van der Waals surface area contributed by atoms with Crippen LogP contribution in [0.5, 0.6) is 0 Å². The zero-order chi connectivity index (χ0) is 15.9. The van der Waals surface area contributed by atoms with Crippen LogP contribution in [0.1, 0.15) is 44.8 Å². The lowest BCUT2D eigenvalue weighted by atomic mass is 9.73. The molecule has 1 fully saturated rings. The molecule has 118 valence electrons. The fraction of sp³-hybridized carbons (Fsp3) is 0.600. The summed E-state index contributed by atoms with van der Waals surface area (Å²) >= 11 is 0. The van der Waals surface area contributed by atoms with Crippen LogP contribution in [0, 0.1) is 46.8 Å². The summed E-state index contributed by atoms with van der Waals surface area (Å²) in [4.78, 5) is 0. The molecule has 4 unspecified atom stereocenters. The van der Waals surface area contributed by atoms with Gasteiger partial charge in [-0.2, -0.15) is 0 Å². The van der Waals surface area contributed by atoms with Crippen molar-refractivity contribution < 1.29 is 27.1 Å². The lowest BCUT2D eigenvalue weighted by Gasteiger charge is -2.35. The topological polar surface area (TPSA) is 20.2 Å². The highest BCUT2D eigenvalue weighted by Gasteiger charge is 2.36. The maximum atomic E-state index is 13.7. The molecule has 1 aromatic carbocycles. The van der Waals surface area contributed by atoms with Crippen molar-refractivity contribution in [3.05, 3.63) is 34.6 Å². The number of aliphatic hydroxyl groups excluding tert-OH is 1.